The van der Waals surface area contributed by atoms with Gasteiger partial charge in [-0.25, -0.2) is 0 Å². The second kappa shape index (κ2) is 5.85. The molecule has 0 amide bonds. The van der Waals surface area contributed by atoms with E-state index in [2.05, 4.69) is 24.8 Å². The maximum absolute atomic E-state index is 9.09. The van der Waals surface area contributed by atoms with E-state index in [0.29, 0.717) is 6.42 Å². The Hall–Kier alpha value is -2.58. The molecule has 1 atom stereocenters. The molecule has 0 heterocycles. The van der Waals surface area contributed by atoms with Gasteiger partial charge in [0.1, 0.15) is 5.92 Å². The number of fused-ring (bicyclic) bond motifs is 1. The van der Waals surface area contributed by atoms with Crippen LogP contribution in [0, 0.1) is 28.6 Å². The molecule has 2 rings (SSSR count). The molecule has 19 heavy (non-hydrogen) atoms. The summed E-state index contributed by atoms with van der Waals surface area (Å²) >= 11 is 0. The average Bonchev–Trinajstić information content (AvgIpc) is 2.47. The minimum atomic E-state index is -0.640. The Bertz CT molecular complexity index is 659. The first kappa shape index (κ1) is 12.9. The molecular formula is C17H14N2. The molecule has 0 aromatic heterocycles. The normalized spacial score (nSPS) is 11.7. The van der Waals surface area contributed by atoms with Gasteiger partial charge in [-0.15, -0.1) is 6.58 Å². The molecule has 0 aliphatic carbocycles. The molecule has 1 unspecified atom stereocenters. The highest BCUT2D eigenvalue weighted by Crippen LogP contribution is 2.30. The molecule has 2 heteroatoms. The first-order chi connectivity index (χ1) is 9.30. The molecule has 0 aliphatic rings. The van der Waals surface area contributed by atoms with Crippen molar-refractivity contribution in [2.45, 2.75) is 12.3 Å². The fourth-order valence-corrected chi connectivity index (χ4v) is 2.29. The van der Waals surface area contributed by atoms with Crippen molar-refractivity contribution in [1.29, 1.82) is 10.5 Å². The maximum atomic E-state index is 9.09. The van der Waals surface area contributed by atoms with E-state index in [1.165, 1.54) is 0 Å². The third-order valence-corrected chi connectivity index (χ3v) is 3.30. The third-order valence-electron chi connectivity index (χ3n) is 3.30. The summed E-state index contributed by atoms with van der Waals surface area (Å²) in [5.74, 6) is -0.753. The largest absolute Gasteiger partial charge is 0.197 e. The molecule has 0 aliphatic heterocycles. The Labute approximate surface area is 113 Å². The minimum Gasteiger partial charge on any atom is -0.197 e. The van der Waals surface area contributed by atoms with Crippen LogP contribution in [-0.4, -0.2) is 0 Å². The van der Waals surface area contributed by atoms with Crippen LogP contribution in [0.25, 0.3) is 10.8 Å². The van der Waals surface area contributed by atoms with Gasteiger partial charge in [0.2, 0.25) is 0 Å². The zero-order valence-corrected chi connectivity index (χ0v) is 10.6. The SMILES string of the molecule is C=CCC(c1ccc2ccccc2c1)C(C#N)C#N. The molecular weight excluding hydrogens is 232 g/mol. The molecule has 0 saturated heterocycles. The van der Waals surface area contributed by atoms with Gasteiger partial charge >= 0.3 is 0 Å². The van der Waals surface area contributed by atoms with Crippen LogP contribution in [0.15, 0.2) is 55.1 Å². The van der Waals surface area contributed by atoms with Gasteiger partial charge in [-0.2, -0.15) is 10.5 Å². The third kappa shape index (κ3) is 2.64. The second-order valence-corrected chi connectivity index (χ2v) is 4.47. The van der Waals surface area contributed by atoms with E-state index >= 15 is 0 Å². The van der Waals surface area contributed by atoms with Gasteiger partial charge in [-0.05, 0) is 22.8 Å². The van der Waals surface area contributed by atoms with Crippen LogP contribution in [0.4, 0.5) is 0 Å². The number of nitrogens with zero attached hydrogens (tertiary/aromatic N) is 2. The number of benzene rings is 2. The van der Waals surface area contributed by atoms with Crippen molar-refractivity contribution < 1.29 is 0 Å². The fourth-order valence-electron chi connectivity index (χ4n) is 2.29. The predicted molar refractivity (Wildman–Crippen MR) is 76.2 cm³/mol. The quantitative estimate of drug-likeness (QED) is 0.760. The van der Waals surface area contributed by atoms with Crippen molar-refractivity contribution >= 4 is 10.8 Å². The summed E-state index contributed by atoms with van der Waals surface area (Å²) < 4.78 is 0. The van der Waals surface area contributed by atoms with Crippen LogP contribution in [0.2, 0.25) is 0 Å². The zero-order valence-electron chi connectivity index (χ0n) is 10.6. The summed E-state index contributed by atoms with van der Waals surface area (Å²) in [6, 6.07) is 18.3. The topological polar surface area (TPSA) is 47.6 Å². The van der Waals surface area contributed by atoms with E-state index in [-0.39, 0.29) is 5.92 Å². The highest BCUT2D eigenvalue weighted by molar-refractivity contribution is 5.83. The molecule has 0 bridgehead atoms. The van der Waals surface area contributed by atoms with Crippen LogP contribution in [0.3, 0.4) is 0 Å². The number of hydrogen-bond acceptors (Lipinski definition) is 2. The smallest absolute Gasteiger partial charge is 0.140 e. The summed E-state index contributed by atoms with van der Waals surface area (Å²) in [7, 11) is 0. The number of hydrogen-bond donors (Lipinski definition) is 0. The molecule has 0 fully saturated rings. The maximum Gasteiger partial charge on any atom is 0.140 e. The average molecular weight is 246 g/mol. The van der Waals surface area contributed by atoms with Crippen LogP contribution >= 0.6 is 0 Å². The number of rotatable bonds is 4. The Morgan fingerprint density at radius 1 is 1.05 bits per heavy atom. The first-order valence-electron chi connectivity index (χ1n) is 6.19. The lowest BCUT2D eigenvalue weighted by atomic mass is 9.84. The van der Waals surface area contributed by atoms with Crippen molar-refractivity contribution in [3.63, 3.8) is 0 Å². The van der Waals surface area contributed by atoms with Crippen LogP contribution in [0.1, 0.15) is 17.9 Å². The molecule has 92 valence electrons. The van der Waals surface area contributed by atoms with Gasteiger partial charge < -0.3 is 0 Å². The number of allylic oxidation sites excluding steroid dienone is 1. The van der Waals surface area contributed by atoms with Gasteiger partial charge in [0.15, 0.2) is 0 Å². The van der Waals surface area contributed by atoms with Gasteiger partial charge in [0, 0.05) is 5.92 Å². The summed E-state index contributed by atoms with van der Waals surface area (Å²) in [4.78, 5) is 0. The van der Waals surface area contributed by atoms with E-state index in [4.69, 9.17) is 10.5 Å². The first-order valence-corrected chi connectivity index (χ1v) is 6.19. The van der Waals surface area contributed by atoms with E-state index in [1.54, 1.807) is 6.08 Å². The molecule has 2 nitrogen and oxygen atoms in total. The Balaban J connectivity index is 2.48. The summed E-state index contributed by atoms with van der Waals surface area (Å²) in [6.45, 7) is 3.72. The van der Waals surface area contributed by atoms with Crippen molar-refractivity contribution in [1.82, 2.24) is 0 Å². The van der Waals surface area contributed by atoms with E-state index in [9.17, 15) is 0 Å². The van der Waals surface area contributed by atoms with Gasteiger partial charge in [-0.1, -0.05) is 48.5 Å². The molecule has 0 saturated carbocycles. The Morgan fingerprint density at radius 3 is 2.37 bits per heavy atom. The van der Waals surface area contributed by atoms with Crippen LogP contribution < -0.4 is 0 Å². The summed E-state index contributed by atoms with van der Waals surface area (Å²) in [5, 5.41) is 20.5. The van der Waals surface area contributed by atoms with E-state index < -0.39 is 5.92 Å². The fraction of sp³-hybridized carbons (Fsp3) is 0.176. The zero-order chi connectivity index (χ0) is 13.7. The summed E-state index contributed by atoms with van der Waals surface area (Å²) in [6.07, 6.45) is 2.39. The highest BCUT2D eigenvalue weighted by atomic mass is 14.4. The van der Waals surface area contributed by atoms with Crippen molar-refractivity contribution in [2.24, 2.45) is 5.92 Å². The van der Waals surface area contributed by atoms with Crippen LogP contribution in [0.5, 0.6) is 0 Å². The van der Waals surface area contributed by atoms with Crippen LogP contribution in [-0.2, 0) is 0 Å². The molecule has 0 N–H and O–H groups in total. The van der Waals surface area contributed by atoms with Gasteiger partial charge in [0.05, 0.1) is 12.1 Å². The van der Waals surface area contributed by atoms with E-state index in [1.807, 2.05) is 36.4 Å². The highest BCUT2D eigenvalue weighted by Gasteiger charge is 2.21. The standard InChI is InChI=1S/C17H14N2/c1-2-5-17(16(11-18)12-19)15-9-8-13-6-3-4-7-14(13)10-15/h2-4,6-10,16-17H,1,5H2. The van der Waals surface area contributed by atoms with Gasteiger partial charge in [0.25, 0.3) is 0 Å². The Kier molecular flexibility index (Phi) is 3.96. The monoisotopic (exact) mass is 246 g/mol. The lowest BCUT2D eigenvalue weighted by Crippen LogP contribution is -2.09. The summed E-state index contributed by atoms with van der Waals surface area (Å²) in [5.41, 5.74) is 1.02. The minimum absolute atomic E-state index is 0.114. The van der Waals surface area contributed by atoms with Gasteiger partial charge in [-0.3, -0.25) is 0 Å². The van der Waals surface area contributed by atoms with Crippen molar-refractivity contribution in [2.75, 3.05) is 0 Å². The predicted octanol–water partition coefficient (Wildman–Crippen LogP) is 4.16. The van der Waals surface area contributed by atoms with Crippen molar-refractivity contribution in [3.8, 4) is 12.1 Å². The molecule has 2 aromatic rings. The van der Waals surface area contributed by atoms with Crippen molar-refractivity contribution in [3.05, 3.63) is 60.7 Å². The Morgan fingerprint density at radius 2 is 1.74 bits per heavy atom. The molecule has 2 aromatic carbocycles. The lowest BCUT2D eigenvalue weighted by Gasteiger charge is -2.16. The lowest BCUT2D eigenvalue weighted by molar-refractivity contribution is 0.621. The second-order valence-electron chi connectivity index (χ2n) is 4.47. The molecule has 0 radical (unpaired) electrons. The van der Waals surface area contributed by atoms with E-state index in [0.717, 1.165) is 16.3 Å². The number of nitriles is 2. The molecule has 0 spiro atoms.